The van der Waals surface area contributed by atoms with E-state index in [2.05, 4.69) is 15.9 Å². The molecule has 25 heavy (non-hydrogen) atoms. The molecule has 1 aliphatic carbocycles. The van der Waals surface area contributed by atoms with Crippen LogP contribution in [0.25, 0.3) is 0 Å². The average Bonchev–Trinajstić information content (AvgIpc) is 2.56. The standard InChI is InChI=1S/C19H26BrFN2O2/c1-13(2)10-11-23(18-9-4-14(20)12-17(18)21)19(25)22(3)15-5-7-16(24)8-6-15/h4,9-10,12,15-16,24H,5-8,11H2,1-3H3. The SMILES string of the molecule is CC(C)=CCN(C(=O)N(C)C1CCC(O)CC1)c1ccc(Br)cc1F. The summed E-state index contributed by atoms with van der Waals surface area (Å²) in [6.45, 7) is 4.22. The van der Waals surface area contributed by atoms with E-state index in [1.807, 2.05) is 19.9 Å². The molecular weight excluding hydrogens is 387 g/mol. The molecule has 0 spiro atoms. The summed E-state index contributed by atoms with van der Waals surface area (Å²) in [6.07, 6.45) is 4.57. The van der Waals surface area contributed by atoms with Crippen molar-refractivity contribution in [2.75, 3.05) is 18.5 Å². The van der Waals surface area contributed by atoms with Crippen molar-refractivity contribution < 1.29 is 14.3 Å². The summed E-state index contributed by atoms with van der Waals surface area (Å²) >= 11 is 3.25. The molecule has 1 N–H and O–H groups in total. The van der Waals surface area contributed by atoms with Gasteiger partial charge in [0.2, 0.25) is 0 Å². The minimum Gasteiger partial charge on any atom is -0.393 e. The predicted molar refractivity (Wildman–Crippen MR) is 102 cm³/mol. The highest BCUT2D eigenvalue weighted by atomic mass is 79.9. The van der Waals surface area contributed by atoms with Crippen LogP contribution in [0.5, 0.6) is 0 Å². The molecule has 1 fully saturated rings. The van der Waals surface area contributed by atoms with Crippen LogP contribution in [0, 0.1) is 5.82 Å². The van der Waals surface area contributed by atoms with E-state index in [0.29, 0.717) is 23.9 Å². The Bertz CT molecular complexity index is 638. The molecule has 0 bridgehead atoms. The highest BCUT2D eigenvalue weighted by Gasteiger charge is 2.29. The fraction of sp³-hybridized carbons (Fsp3) is 0.526. The maximum atomic E-state index is 14.4. The molecule has 1 aliphatic rings. The van der Waals surface area contributed by atoms with Gasteiger partial charge in [0.15, 0.2) is 0 Å². The largest absolute Gasteiger partial charge is 0.393 e. The number of carbonyl (C=O) groups is 1. The molecule has 0 aromatic heterocycles. The number of rotatable bonds is 4. The van der Waals surface area contributed by atoms with Crippen LogP contribution in [0.15, 0.2) is 34.3 Å². The molecule has 0 heterocycles. The smallest absolute Gasteiger partial charge is 0.324 e. The fourth-order valence-corrected chi connectivity index (χ4v) is 3.38. The second-order valence-electron chi connectivity index (χ2n) is 6.84. The van der Waals surface area contributed by atoms with Crippen LogP contribution in [-0.2, 0) is 0 Å². The van der Waals surface area contributed by atoms with E-state index in [1.54, 1.807) is 24.1 Å². The Morgan fingerprint density at radius 1 is 1.32 bits per heavy atom. The summed E-state index contributed by atoms with van der Waals surface area (Å²) in [7, 11) is 1.76. The highest BCUT2D eigenvalue weighted by molar-refractivity contribution is 9.10. The van der Waals surface area contributed by atoms with Gasteiger partial charge < -0.3 is 10.0 Å². The van der Waals surface area contributed by atoms with E-state index >= 15 is 0 Å². The number of urea groups is 1. The lowest BCUT2D eigenvalue weighted by molar-refractivity contribution is 0.0931. The van der Waals surface area contributed by atoms with Crippen LogP contribution in [0.1, 0.15) is 39.5 Å². The fourth-order valence-electron chi connectivity index (χ4n) is 3.05. The first kappa shape index (κ1) is 19.9. The lowest BCUT2D eigenvalue weighted by atomic mass is 9.92. The van der Waals surface area contributed by atoms with Gasteiger partial charge in [-0.25, -0.2) is 9.18 Å². The van der Waals surface area contributed by atoms with E-state index in [-0.39, 0.29) is 23.9 Å². The van der Waals surface area contributed by atoms with Crippen LogP contribution >= 0.6 is 15.9 Å². The third-order valence-electron chi connectivity index (χ3n) is 4.63. The number of nitrogens with zero attached hydrogens (tertiary/aromatic N) is 2. The molecule has 4 nitrogen and oxygen atoms in total. The molecule has 0 saturated heterocycles. The summed E-state index contributed by atoms with van der Waals surface area (Å²) in [5, 5.41) is 9.67. The topological polar surface area (TPSA) is 43.8 Å². The van der Waals surface area contributed by atoms with Gasteiger partial charge in [-0.15, -0.1) is 0 Å². The molecule has 1 aromatic carbocycles. The van der Waals surface area contributed by atoms with Crippen molar-refractivity contribution in [1.29, 1.82) is 0 Å². The highest BCUT2D eigenvalue weighted by Crippen LogP contribution is 2.27. The van der Waals surface area contributed by atoms with Crippen LogP contribution in [0.3, 0.4) is 0 Å². The van der Waals surface area contributed by atoms with Gasteiger partial charge in [-0.1, -0.05) is 27.6 Å². The quantitative estimate of drug-likeness (QED) is 0.727. The number of aliphatic hydroxyl groups is 1. The minimum absolute atomic E-state index is 0.0728. The van der Waals surface area contributed by atoms with Gasteiger partial charge in [-0.05, 0) is 57.7 Å². The van der Waals surface area contributed by atoms with Gasteiger partial charge in [-0.3, -0.25) is 4.90 Å². The summed E-state index contributed by atoms with van der Waals surface area (Å²) in [6, 6.07) is 4.57. The number of aliphatic hydroxyl groups excluding tert-OH is 1. The van der Waals surface area contributed by atoms with Crippen LogP contribution in [0.2, 0.25) is 0 Å². The molecule has 1 saturated carbocycles. The van der Waals surface area contributed by atoms with Crippen molar-refractivity contribution in [3.8, 4) is 0 Å². The van der Waals surface area contributed by atoms with Crippen LogP contribution < -0.4 is 4.90 Å². The zero-order chi connectivity index (χ0) is 18.6. The third kappa shape index (κ3) is 5.28. The van der Waals surface area contributed by atoms with Gasteiger partial charge in [0, 0.05) is 24.1 Å². The van der Waals surface area contributed by atoms with Crippen molar-refractivity contribution >= 4 is 27.6 Å². The van der Waals surface area contributed by atoms with E-state index in [1.165, 1.54) is 11.0 Å². The Morgan fingerprint density at radius 3 is 2.52 bits per heavy atom. The molecular formula is C19H26BrFN2O2. The van der Waals surface area contributed by atoms with Crippen LogP contribution in [-0.4, -0.2) is 41.8 Å². The molecule has 2 amide bonds. The third-order valence-corrected chi connectivity index (χ3v) is 5.12. The second-order valence-corrected chi connectivity index (χ2v) is 7.76. The average molecular weight is 413 g/mol. The van der Waals surface area contributed by atoms with Crippen LogP contribution in [0.4, 0.5) is 14.9 Å². The first-order chi connectivity index (χ1) is 11.8. The lowest BCUT2D eigenvalue weighted by Gasteiger charge is -2.36. The van der Waals surface area contributed by atoms with E-state index < -0.39 is 5.82 Å². The van der Waals surface area contributed by atoms with Gasteiger partial charge in [0.05, 0.1) is 11.8 Å². The summed E-state index contributed by atoms with van der Waals surface area (Å²) in [5.74, 6) is -0.433. The second kappa shape index (κ2) is 8.81. The number of halogens is 2. The molecule has 0 atom stereocenters. The van der Waals surface area contributed by atoms with Crippen molar-refractivity contribution in [2.24, 2.45) is 0 Å². The van der Waals surface area contributed by atoms with Gasteiger partial charge >= 0.3 is 6.03 Å². The zero-order valence-electron chi connectivity index (χ0n) is 15.0. The molecule has 6 heteroatoms. The molecule has 0 aliphatic heterocycles. The number of carbonyl (C=O) groups excluding carboxylic acids is 1. The molecule has 2 rings (SSSR count). The van der Waals surface area contributed by atoms with Crippen molar-refractivity contribution in [1.82, 2.24) is 4.90 Å². The van der Waals surface area contributed by atoms with E-state index in [4.69, 9.17) is 0 Å². The Labute approximate surface area is 157 Å². The molecule has 1 aromatic rings. The normalized spacial score (nSPS) is 20.1. The number of hydrogen-bond donors (Lipinski definition) is 1. The maximum absolute atomic E-state index is 14.4. The molecule has 138 valence electrons. The zero-order valence-corrected chi connectivity index (χ0v) is 16.6. The van der Waals surface area contributed by atoms with Gasteiger partial charge in [0.25, 0.3) is 0 Å². The Hall–Kier alpha value is -1.40. The Balaban J connectivity index is 2.24. The maximum Gasteiger partial charge on any atom is 0.324 e. The number of anilines is 1. The Morgan fingerprint density at radius 2 is 1.96 bits per heavy atom. The number of benzene rings is 1. The lowest BCUT2D eigenvalue weighted by Crippen LogP contribution is -2.48. The monoisotopic (exact) mass is 412 g/mol. The number of allylic oxidation sites excluding steroid dienone is 1. The Kier molecular flexibility index (Phi) is 7.02. The predicted octanol–water partition coefficient (Wildman–Crippen LogP) is 4.72. The summed E-state index contributed by atoms with van der Waals surface area (Å²) in [4.78, 5) is 16.2. The first-order valence-electron chi connectivity index (χ1n) is 8.60. The number of hydrogen-bond acceptors (Lipinski definition) is 2. The van der Waals surface area contributed by atoms with Gasteiger partial charge in [-0.2, -0.15) is 0 Å². The molecule has 0 unspecified atom stereocenters. The van der Waals surface area contributed by atoms with E-state index in [9.17, 15) is 14.3 Å². The van der Waals surface area contributed by atoms with Crippen molar-refractivity contribution in [3.05, 3.63) is 40.1 Å². The minimum atomic E-state index is -0.433. The van der Waals surface area contributed by atoms with E-state index in [0.717, 1.165) is 18.4 Å². The number of amides is 2. The summed E-state index contributed by atoms with van der Waals surface area (Å²) in [5.41, 5.74) is 1.34. The van der Waals surface area contributed by atoms with Crippen molar-refractivity contribution in [2.45, 2.75) is 51.7 Å². The summed E-state index contributed by atoms with van der Waals surface area (Å²) < 4.78 is 15.1. The molecule has 0 radical (unpaired) electrons. The van der Waals surface area contributed by atoms with Gasteiger partial charge in [0.1, 0.15) is 5.82 Å². The first-order valence-corrected chi connectivity index (χ1v) is 9.39. The van der Waals surface area contributed by atoms with Crippen molar-refractivity contribution in [3.63, 3.8) is 0 Å².